The minimum absolute atomic E-state index is 0.0292. The molecule has 4 aromatic rings. The zero-order valence-electron chi connectivity index (χ0n) is 16.7. The summed E-state index contributed by atoms with van der Waals surface area (Å²) < 4.78 is 14.4. The van der Waals surface area contributed by atoms with Crippen molar-refractivity contribution in [2.24, 2.45) is 14.1 Å². The summed E-state index contributed by atoms with van der Waals surface area (Å²) in [5, 5.41) is 7.71. The van der Waals surface area contributed by atoms with E-state index in [9.17, 15) is 4.79 Å². The van der Waals surface area contributed by atoms with Gasteiger partial charge in [0.05, 0.1) is 30.2 Å². The number of amides is 1. The van der Waals surface area contributed by atoms with Gasteiger partial charge in [-0.05, 0) is 42.5 Å². The maximum absolute atomic E-state index is 12.2. The van der Waals surface area contributed by atoms with Crippen LogP contribution in [0.15, 0.2) is 48.8 Å². The minimum atomic E-state index is -0.568. The molecule has 0 unspecified atom stereocenters. The van der Waals surface area contributed by atoms with E-state index in [1.54, 1.807) is 42.4 Å². The molecule has 1 N–H and O–H groups in total. The zero-order valence-corrected chi connectivity index (χ0v) is 17.5. The van der Waals surface area contributed by atoms with Crippen LogP contribution in [0.1, 0.15) is 5.69 Å². The molecule has 1 amide bonds. The van der Waals surface area contributed by atoms with Crippen LogP contribution in [0.5, 0.6) is 5.75 Å². The molecule has 30 heavy (non-hydrogen) atoms. The van der Waals surface area contributed by atoms with Crippen LogP contribution in [0.4, 0.5) is 10.5 Å². The zero-order chi connectivity index (χ0) is 21.3. The van der Waals surface area contributed by atoms with E-state index >= 15 is 0 Å². The number of aryl methyl sites for hydroxylation is 2. The first-order chi connectivity index (χ1) is 14.4. The first-order valence-corrected chi connectivity index (χ1v) is 9.54. The van der Waals surface area contributed by atoms with Gasteiger partial charge in [0.1, 0.15) is 18.1 Å². The molecule has 9 heteroatoms. The molecule has 0 fully saturated rings. The number of ether oxygens (including phenoxy) is 2. The van der Waals surface area contributed by atoms with Crippen molar-refractivity contribution >= 4 is 34.4 Å². The molecule has 0 atom stereocenters. The lowest BCUT2D eigenvalue weighted by molar-refractivity contribution is 0.153. The van der Waals surface area contributed by atoms with Gasteiger partial charge < -0.3 is 14.0 Å². The van der Waals surface area contributed by atoms with Gasteiger partial charge in [-0.1, -0.05) is 11.6 Å². The Labute approximate surface area is 178 Å². The van der Waals surface area contributed by atoms with E-state index in [-0.39, 0.29) is 6.61 Å². The SMILES string of the molecule is COc1cc(Cl)ccc1-c1cc(COC(=O)Nc2ccc3c(c2)ncn3C)nn1C. The van der Waals surface area contributed by atoms with Gasteiger partial charge in [-0.15, -0.1) is 0 Å². The highest BCUT2D eigenvalue weighted by Crippen LogP contribution is 2.32. The first kappa shape index (κ1) is 19.8. The molecule has 0 radical (unpaired) electrons. The molecule has 0 saturated carbocycles. The Balaban J connectivity index is 1.43. The van der Waals surface area contributed by atoms with Crippen molar-refractivity contribution in [2.45, 2.75) is 6.61 Å². The number of nitrogens with zero attached hydrogens (tertiary/aromatic N) is 4. The molecule has 154 valence electrons. The molecule has 2 aromatic heterocycles. The quantitative estimate of drug-likeness (QED) is 0.513. The standard InChI is InChI=1S/C21H20ClN5O3/c1-26-12-23-17-9-14(5-7-18(17)26)24-21(28)30-11-15-10-19(27(2)25-15)16-6-4-13(22)8-20(16)29-3/h4-10,12H,11H2,1-3H3,(H,24,28). The molecule has 4 rings (SSSR count). The monoisotopic (exact) mass is 425 g/mol. The van der Waals surface area contributed by atoms with Gasteiger partial charge >= 0.3 is 6.09 Å². The lowest BCUT2D eigenvalue weighted by Gasteiger charge is -2.08. The second kappa shape index (κ2) is 8.08. The van der Waals surface area contributed by atoms with Crippen LogP contribution in [0.2, 0.25) is 5.02 Å². The largest absolute Gasteiger partial charge is 0.496 e. The number of halogens is 1. The van der Waals surface area contributed by atoms with Crippen LogP contribution in [-0.4, -0.2) is 32.5 Å². The molecule has 0 bridgehead atoms. The number of nitrogens with one attached hydrogen (secondary N) is 1. The molecule has 0 spiro atoms. The maximum atomic E-state index is 12.2. The number of carbonyl (C=O) groups excluding carboxylic acids is 1. The molecule has 0 saturated heterocycles. The minimum Gasteiger partial charge on any atom is -0.496 e. The predicted molar refractivity (Wildman–Crippen MR) is 115 cm³/mol. The summed E-state index contributed by atoms with van der Waals surface area (Å²) in [6, 6.07) is 12.7. The van der Waals surface area contributed by atoms with Crippen LogP contribution in [0, 0.1) is 0 Å². The fourth-order valence-corrected chi connectivity index (χ4v) is 3.40. The van der Waals surface area contributed by atoms with E-state index < -0.39 is 6.09 Å². The van der Waals surface area contributed by atoms with Gasteiger partial charge in [0.15, 0.2) is 0 Å². The van der Waals surface area contributed by atoms with Crippen molar-refractivity contribution in [2.75, 3.05) is 12.4 Å². The van der Waals surface area contributed by atoms with Gasteiger partial charge in [-0.25, -0.2) is 9.78 Å². The summed E-state index contributed by atoms with van der Waals surface area (Å²) in [6.07, 6.45) is 1.16. The Kier molecular flexibility index (Phi) is 5.33. The Morgan fingerprint density at radius 1 is 1.17 bits per heavy atom. The van der Waals surface area contributed by atoms with Crippen molar-refractivity contribution in [3.8, 4) is 17.0 Å². The third-order valence-electron chi connectivity index (χ3n) is 4.69. The van der Waals surface area contributed by atoms with Gasteiger partial charge in [0.25, 0.3) is 0 Å². The smallest absolute Gasteiger partial charge is 0.412 e. The van der Waals surface area contributed by atoms with E-state index in [4.69, 9.17) is 21.1 Å². The molecule has 0 aliphatic rings. The Morgan fingerprint density at radius 3 is 2.80 bits per heavy atom. The summed E-state index contributed by atoms with van der Waals surface area (Å²) in [5.74, 6) is 0.639. The van der Waals surface area contributed by atoms with Crippen molar-refractivity contribution in [1.82, 2.24) is 19.3 Å². The fourth-order valence-electron chi connectivity index (χ4n) is 3.23. The van der Waals surface area contributed by atoms with Crippen LogP contribution >= 0.6 is 11.6 Å². The first-order valence-electron chi connectivity index (χ1n) is 9.16. The second-order valence-electron chi connectivity index (χ2n) is 6.75. The average molecular weight is 426 g/mol. The highest BCUT2D eigenvalue weighted by atomic mass is 35.5. The summed E-state index contributed by atoms with van der Waals surface area (Å²) >= 11 is 6.04. The van der Waals surface area contributed by atoms with Crippen LogP contribution in [0.3, 0.4) is 0 Å². The van der Waals surface area contributed by atoms with Gasteiger partial charge in [0, 0.05) is 30.4 Å². The Bertz CT molecular complexity index is 1230. The lowest BCUT2D eigenvalue weighted by Crippen LogP contribution is -2.13. The third kappa shape index (κ3) is 3.95. The molecule has 0 aliphatic carbocycles. The number of aromatic nitrogens is 4. The normalized spacial score (nSPS) is 10.9. The van der Waals surface area contributed by atoms with Crippen LogP contribution in [-0.2, 0) is 25.4 Å². The number of anilines is 1. The van der Waals surface area contributed by atoms with E-state index in [1.165, 1.54) is 0 Å². The van der Waals surface area contributed by atoms with Gasteiger partial charge in [0.2, 0.25) is 0 Å². The van der Waals surface area contributed by atoms with E-state index in [0.717, 1.165) is 22.3 Å². The number of fused-ring (bicyclic) bond motifs is 1. The number of hydrogen-bond donors (Lipinski definition) is 1. The van der Waals surface area contributed by atoms with Crippen molar-refractivity contribution in [1.29, 1.82) is 0 Å². The van der Waals surface area contributed by atoms with Crippen molar-refractivity contribution in [3.63, 3.8) is 0 Å². The Hall–Kier alpha value is -3.52. The molecule has 2 aromatic carbocycles. The van der Waals surface area contributed by atoms with E-state index in [1.807, 2.05) is 36.9 Å². The topological polar surface area (TPSA) is 83.2 Å². The van der Waals surface area contributed by atoms with Gasteiger partial charge in [-0.3, -0.25) is 10.00 Å². The summed E-state index contributed by atoms with van der Waals surface area (Å²) in [6.45, 7) is 0.0292. The summed E-state index contributed by atoms with van der Waals surface area (Å²) in [4.78, 5) is 16.5. The summed E-state index contributed by atoms with van der Waals surface area (Å²) in [5.41, 5.74) is 4.66. The van der Waals surface area contributed by atoms with E-state index in [0.29, 0.717) is 22.2 Å². The Morgan fingerprint density at radius 2 is 2.00 bits per heavy atom. The molecular formula is C21H20ClN5O3. The predicted octanol–water partition coefficient (Wildman–Crippen LogP) is 4.38. The van der Waals surface area contributed by atoms with Crippen molar-refractivity contribution in [3.05, 3.63) is 59.5 Å². The van der Waals surface area contributed by atoms with Crippen molar-refractivity contribution < 1.29 is 14.3 Å². The third-order valence-corrected chi connectivity index (χ3v) is 4.93. The van der Waals surface area contributed by atoms with Crippen LogP contribution in [0.25, 0.3) is 22.3 Å². The van der Waals surface area contributed by atoms with Crippen LogP contribution < -0.4 is 10.1 Å². The highest BCUT2D eigenvalue weighted by Gasteiger charge is 2.14. The van der Waals surface area contributed by atoms with Gasteiger partial charge in [-0.2, -0.15) is 5.10 Å². The molecular weight excluding hydrogens is 406 g/mol. The molecule has 0 aliphatic heterocycles. The second-order valence-corrected chi connectivity index (χ2v) is 7.19. The highest BCUT2D eigenvalue weighted by molar-refractivity contribution is 6.30. The lowest BCUT2D eigenvalue weighted by atomic mass is 10.1. The number of rotatable bonds is 5. The number of methoxy groups -OCH3 is 1. The maximum Gasteiger partial charge on any atom is 0.412 e. The van der Waals surface area contributed by atoms with E-state index in [2.05, 4.69) is 15.4 Å². The summed E-state index contributed by atoms with van der Waals surface area (Å²) in [7, 11) is 5.31. The number of imidazole rings is 1. The molecule has 8 nitrogen and oxygen atoms in total. The fraction of sp³-hybridized carbons (Fsp3) is 0.190. The number of hydrogen-bond acceptors (Lipinski definition) is 5. The number of benzene rings is 2. The number of carbonyl (C=O) groups is 1. The molecule has 2 heterocycles. The average Bonchev–Trinajstić information content (AvgIpc) is 3.28.